The molecule has 1 N–H and O–H groups in total. The van der Waals surface area contributed by atoms with Gasteiger partial charge in [0.1, 0.15) is 12.1 Å². The molecule has 3 fully saturated rings. The monoisotopic (exact) mass is 366 g/mol. The van der Waals surface area contributed by atoms with E-state index in [-0.39, 0.29) is 12.5 Å². The highest BCUT2D eigenvalue weighted by Gasteiger charge is 2.56. The van der Waals surface area contributed by atoms with Gasteiger partial charge in [-0.2, -0.15) is 0 Å². The first-order valence-electron chi connectivity index (χ1n) is 8.70. The SMILES string of the molecule is CN1C(=O)N(CC(=O)OCC(=O)N2CCNC2=O)C(=O)C12CCCCC2. The molecule has 0 aromatic rings. The van der Waals surface area contributed by atoms with E-state index in [4.69, 9.17) is 4.74 Å². The number of nitrogens with zero attached hydrogens (tertiary/aromatic N) is 3. The van der Waals surface area contributed by atoms with Crippen molar-refractivity contribution in [3.05, 3.63) is 0 Å². The molecule has 1 saturated carbocycles. The van der Waals surface area contributed by atoms with Crippen molar-refractivity contribution in [3.8, 4) is 0 Å². The Morgan fingerprint density at radius 1 is 1.15 bits per heavy atom. The van der Waals surface area contributed by atoms with Crippen LogP contribution >= 0.6 is 0 Å². The minimum Gasteiger partial charge on any atom is -0.454 e. The normalized spacial score (nSPS) is 22.2. The van der Waals surface area contributed by atoms with Crippen molar-refractivity contribution < 1.29 is 28.7 Å². The van der Waals surface area contributed by atoms with Crippen molar-refractivity contribution in [2.75, 3.05) is 33.3 Å². The van der Waals surface area contributed by atoms with E-state index in [1.54, 1.807) is 7.05 Å². The predicted molar refractivity (Wildman–Crippen MR) is 86.8 cm³/mol. The molecule has 26 heavy (non-hydrogen) atoms. The van der Waals surface area contributed by atoms with Crippen LogP contribution in [-0.4, -0.2) is 83.4 Å². The number of imide groups is 2. The third kappa shape index (κ3) is 2.99. The molecule has 3 aliphatic rings. The van der Waals surface area contributed by atoms with Gasteiger partial charge in [-0.25, -0.2) is 9.59 Å². The summed E-state index contributed by atoms with van der Waals surface area (Å²) in [4.78, 5) is 63.7. The molecule has 3 rings (SSSR count). The Balaban J connectivity index is 1.57. The number of hydrogen-bond acceptors (Lipinski definition) is 6. The second-order valence-corrected chi connectivity index (χ2v) is 6.76. The van der Waals surface area contributed by atoms with Gasteiger partial charge in [-0.3, -0.25) is 24.2 Å². The van der Waals surface area contributed by atoms with Gasteiger partial charge in [0.05, 0.1) is 0 Å². The van der Waals surface area contributed by atoms with E-state index in [1.807, 2.05) is 0 Å². The fourth-order valence-electron chi connectivity index (χ4n) is 3.78. The molecule has 0 bridgehead atoms. The Labute approximate surface area is 150 Å². The minimum atomic E-state index is -0.862. The summed E-state index contributed by atoms with van der Waals surface area (Å²) in [6.45, 7) is -0.581. The second-order valence-electron chi connectivity index (χ2n) is 6.76. The van der Waals surface area contributed by atoms with Gasteiger partial charge >= 0.3 is 18.0 Å². The highest BCUT2D eigenvalue weighted by atomic mass is 16.5. The molecular weight excluding hydrogens is 344 g/mol. The van der Waals surface area contributed by atoms with Gasteiger partial charge in [0, 0.05) is 20.1 Å². The van der Waals surface area contributed by atoms with Crippen molar-refractivity contribution in [3.63, 3.8) is 0 Å². The average Bonchev–Trinajstić information content (AvgIpc) is 3.14. The zero-order chi connectivity index (χ0) is 18.9. The summed E-state index contributed by atoms with van der Waals surface area (Å²) < 4.78 is 4.86. The lowest BCUT2D eigenvalue weighted by Crippen LogP contribution is -2.49. The lowest BCUT2D eigenvalue weighted by molar-refractivity contribution is -0.153. The number of urea groups is 2. The van der Waals surface area contributed by atoms with Crippen molar-refractivity contribution in [1.29, 1.82) is 0 Å². The smallest absolute Gasteiger partial charge is 0.327 e. The van der Waals surface area contributed by atoms with E-state index in [1.165, 1.54) is 4.90 Å². The third-order valence-corrected chi connectivity index (χ3v) is 5.29. The van der Waals surface area contributed by atoms with E-state index in [0.717, 1.165) is 29.1 Å². The van der Waals surface area contributed by atoms with E-state index >= 15 is 0 Å². The molecule has 2 heterocycles. The fourth-order valence-corrected chi connectivity index (χ4v) is 3.78. The largest absolute Gasteiger partial charge is 0.454 e. The zero-order valence-corrected chi connectivity index (χ0v) is 14.7. The van der Waals surface area contributed by atoms with Crippen molar-refractivity contribution >= 4 is 29.8 Å². The van der Waals surface area contributed by atoms with Crippen LogP contribution in [0.4, 0.5) is 9.59 Å². The van der Waals surface area contributed by atoms with E-state index in [0.29, 0.717) is 19.4 Å². The fraction of sp³-hybridized carbons (Fsp3) is 0.688. The second kappa shape index (κ2) is 6.93. The van der Waals surface area contributed by atoms with Crippen LogP contribution < -0.4 is 5.32 Å². The van der Waals surface area contributed by atoms with Gasteiger partial charge in [-0.1, -0.05) is 19.3 Å². The molecular formula is C16H22N4O6. The number of rotatable bonds is 4. The van der Waals surface area contributed by atoms with Gasteiger partial charge in [0.2, 0.25) is 0 Å². The molecule has 142 valence electrons. The van der Waals surface area contributed by atoms with E-state index in [9.17, 15) is 24.0 Å². The van der Waals surface area contributed by atoms with Gasteiger partial charge in [-0.15, -0.1) is 0 Å². The Morgan fingerprint density at radius 2 is 1.85 bits per heavy atom. The number of hydrogen-bond donors (Lipinski definition) is 1. The molecule has 10 nitrogen and oxygen atoms in total. The van der Waals surface area contributed by atoms with Crippen LogP contribution in [0, 0.1) is 0 Å². The molecule has 0 radical (unpaired) electrons. The van der Waals surface area contributed by atoms with Gasteiger partial charge in [0.15, 0.2) is 6.61 Å². The maximum atomic E-state index is 12.8. The predicted octanol–water partition coefficient (Wildman–Crippen LogP) is -0.322. The summed E-state index contributed by atoms with van der Waals surface area (Å²) in [5.74, 6) is -1.89. The number of likely N-dealkylation sites (N-methyl/N-ethyl adjacent to an activating group) is 1. The number of esters is 1. The molecule has 1 aliphatic carbocycles. The quantitative estimate of drug-likeness (QED) is 0.538. The third-order valence-electron chi connectivity index (χ3n) is 5.29. The topological polar surface area (TPSA) is 116 Å². The van der Waals surface area contributed by atoms with Crippen LogP contribution in [0.25, 0.3) is 0 Å². The van der Waals surface area contributed by atoms with Crippen molar-refractivity contribution in [1.82, 2.24) is 20.0 Å². The van der Waals surface area contributed by atoms with Gasteiger partial charge in [-0.05, 0) is 12.8 Å². The van der Waals surface area contributed by atoms with Crippen molar-refractivity contribution in [2.24, 2.45) is 0 Å². The highest BCUT2D eigenvalue weighted by molar-refractivity contribution is 6.08. The molecule has 0 atom stereocenters. The maximum absolute atomic E-state index is 12.8. The van der Waals surface area contributed by atoms with E-state index < -0.39 is 42.6 Å². The zero-order valence-electron chi connectivity index (χ0n) is 14.7. The molecule has 0 aromatic carbocycles. The number of carbonyl (C=O) groups is 5. The van der Waals surface area contributed by atoms with Crippen molar-refractivity contribution in [2.45, 2.75) is 37.6 Å². The van der Waals surface area contributed by atoms with Crippen LogP contribution in [0.5, 0.6) is 0 Å². The summed E-state index contributed by atoms with van der Waals surface area (Å²) >= 11 is 0. The van der Waals surface area contributed by atoms with Crippen LogP contribution in [0.2, 0.25) is 0 Å². The van der Waals surface area contributed by atoms with Gasteiger partial charge < -0.3 is 15.0 Å². The first-order valence-corrected chi connectivity index (χ1v) is 8.70. The van der Waals surface area contributed by atoms with Crippen LogP contribution in [0.3, 0.4) is 0 Å². The highest BCUT2D eigenvalue weighted by Crippen LogP contribution is 2.39. The lowest BCUT2D eigenvalue weighted by Gasteiger charge is -2.35. The molecule has 10 heteroatoms. The van der Waals surface area contributed by atoms with E-state index in [2.05, 4.69) is 5.32 Å². The molecule has 2 saturated heterocycles. The summed E-state index contributed by atoms with van der Waals surface area (Å²) in [5, 5.41) is 2.47. The van der Waals surface area contributed by atoms with Crippen LogP contribution in [0.1, 0.15) is 32.1 Å². The Bertz CT molecular complexity index is 657. The van der Waals surface area contributed by atoms with Crippen LogP contribution in [-0.2, 0) is 19.1 Å². The molecule has 1 spiro atoms. The minimum absolute atomic E-state index is 0.214. The summed E-state index contributed by atoms with van der Waals surface area (Å²) in [7, 11) is 1.58. The molecule has 0 unspecified atom stereocenters. The van der Waals surface area contributed by atoms with Crippen LogP contribution in [0.15, 0.2) is 0 Å². The maximum Gasteiger partial charge on any atom is 0.327 e. The summed E-state index contributed by atoms with van der Waals surface area (Å²) in [6.07, 6.45) is 3.90. The molecule has 2 aliphatic heterocycles. The Morgan fingerprint density at radius 3 is 2.46 bits per heavy atom. The molecule has 6 amide bonds. The molecule has 0 aromatic heterocycles. The number of carbonyl (C=O) groups excluding carboxylic acids is 5. The summed E-state index contributed by atoms with van der Waals surface area (Å²) in [5.41, 5.74) is -0.862. The summed E-state index contributed by atoms with van der Waals surface area (Å²) in [6, 6.07) is -1.06. The van der Waals surface area contributed by atoms with Gasteiger partial charge in [0.25, 0.3) is 11.8 Å². The lowest BCUT2D eigenvalue weighted by atomic mass is 9.81. The number of amides is 6. The average molecular weight is 366 g/mol. The standard InChI is InChI=1S/C16H22N4O6/c1-18-15(25)20(13(23)16(18)5-3-2-4-6-16)9-12(22)26-10-11(21)19-8-7-17-14(19)24/h2-10H2,1H3,(H,17,24). The first-order chi connectivity index (χ1) is 12.4. The number of ether oxygens (including phenoxy) is 1. The number of nitrogens with one attached hydrogen (secondary N) is 1. The first kappa shape index (κ1) is 18.2. The Hall–Kier alpha value is -2.65. The Kier molecular flexibility index (Phi) is 4.84.